The SMILES string of the molecule is NC(CNC(=O)c1ccc(S(=O)(=O)N2CCCCC2)cc1)C1CC1. The van der Waals surface area contributed by atoms with Crippen LogP contribution in [-0.2, 0) is 10.0 Å². The number of nitrogens with one attached hydrogen (secondary N) is 1. The predicted octanol–water partition coefficient (Wildman–Crippen LogP) is 1.33. The quantitative estimate of drug-likeness (QED) is 0.809. The van der Waals surface area contributed by atoms with Crippen LogP contribution in [0, 0.1) is 5.92 Å². The molecule has 132 valence electrons. The number of sulfonamides is 1. The molecule has 1 aromatic carbocycles. The van der Waals surface area contributed by atoms with E-state index in [0.717, 1.165) is 32.1 Å². The van der Waals surface area contributed by atoms with E-state index in [1.807, 2.05) is 0 Å². The summed E-state index contributed by atoms with van der Waals surface area (Å²) in [5.74, 6) is 0.315. The first-order chi connectivity index (χ1) is 11.5. The fourth-order valence-electron chi connectivity index (χ4n) is 3.04. The van der Waals surface area contributed by atoms with Crippen LogP contribution in [-0.4, -0.2) is 44.3 Å². The second-order valence-corrected chi connectivity index (χ2v) is 8.64. The van der Waals surface area contributed by atoms with Crippen LogP contribution in [0.3, 0.4) is 0 Å². The Hall–Kier alpha value is -1.44. The van der Waals surface area contributed by atoms with Crippen molar-refractivity contribution in [1.29, 1.82) is 0 Å². The Labute approximate surface area is 143 Å². The van der Waals surface area contributed by atoms with E-state index < -0.39 is 10.0 Å². The number of carbonyl (C=O) groups excluding carboxylic acids is 1. The van der Waals surface area contributed by atoms with Crippen molar-refractivity contribution in [2.45, 2.75) is 43.0 Å². The average molecular weight is 351 g/mol. The maximum absolute atomic E-state index is 12.6. The molecule has 0 bridgehead atoms. The van der Waals surface area contributed by atoms with Gasteiger partial charge in [-0.3, -0.25) is 4.79 Å². The molecule has 0 aromatic heterocycles. The standard InChI is InChI=1S/C17H25N3O3S/c18-16(13-4-5-13)12-19-17(21)14-6-8-15(9-7-14)24(22,23)20-10-2-1-3-11-20/h6-9,13,16H,1-5,10-12,18H2,(H,19,21). The molecule has 6 nitrogen and oxygen atoms in total. The minimum Gasteiger partial charge on any atom is -0.350 e. The van der Waals surface area contributed by atoms with E-state index in [-0.39, 0.29) is 16.8 Å². The normalized spacial score (nSPS) is 20.5. The van der Waals surface area contributed by atoms with Gasteiger partial charge in [0.15, 0.2) is 0 Å². The molecule has 2 fully saturated rings. The van der Waals surface area contributed by atoms with Gasteiger partial charge in [-0.1, -0.05) is 6.42 Å². The Bertz CT molecular complexity index is 678. The molecular formula is C17H25N3O3S. The van der Waals surface area contributed by atoms with E-state index in [1.54, 1.807) is 12.1 Å². The molecule has 1 atom stereocenters. The number of hydrogen-bond acceptors (Lipinski definition) is 4. The van der Waals surface area contributed by atoms with E-state index >= 15 is 0 Å². The minimum atomic E-state index is -3.45. The molecule has 1 amide bonds. The van der Waals surface area contributed by atoms with Crippen molar-refractivity contribution in [1.82, 2.24) is 9.62 Å². The Morgan fingerprint density at radius 1 is 1.17 bits per heavy atom. The van der Waals surface area contributed by atoms with Crippen molar-refractivity contribution < 1.29 is 13.2 Å². The summed E-state index contributed by atoms with van der Waals surface area (Å²) in [5, 5.41) is 2.82. The lowest BCUT2D eigenvalue weighted by atomic mass is 10.2. The molecule has 1 saturated carbocycles. The number of piperidine rings is 1. The van der Waals surface area contributed by atoms with Crippen LogP contribution in [0.5, 0.6) is 0 Å². The second-order valence-electron chi connectivity index (χ2n) is 6.70. The smallest absolute Gasteiger partial charge is 0.251 e. The number of hydrogen-bond donors (Lipinski definition) is 2. The fourth-order valence-corrected chi connectivity index (χ4v) is 4.55. The number of nitrogens with two attached hydrogens (primary N) is 1. The van der Waals surface area contributed by atoms with Gasteiger partial charge in [0.05, 0.1) is 4.90 Å². The molecule has 3 N–H and O–H groups in total. The van der Waals surface area contributed by atoms with Crippen molar-refractivity contribution in [2.75, 3.05) is 19.6 Å². The third-order valence-corrected chi connectivity index (χ3v) is 6.71. The molecule has 1 heterocycles. The molecule has 24 heavy (non-hydrogen) atoms. The van der Waals surface area contributed by atoms with E-state index in [1.165, 1.54) is 16.4 Å². The summed E-state index contributed by atoms with van der Waals surface area (Å²) in [4.78, 5) is 12.4. The van der Waals surface area contributed by atoms with Gasteiger partial charge in [0.1, 0.15) is 0 Å². The number of benzene rings is 1. The van der Waals surface area contributed by atoms with Gasteiger partial charge in [0.2, 0.25) is 10.0 Å². The minimum absolute atomic E-state index is 0.00713. The molecular weight excluding hydrogens is 326 g/mol. The van der Waals surface area contributed by atoms with Crippen LogP contribution < -0.4 is 11.1 Å². The number of rotatable bonds is 6. The molecule has 2 aliphatic rings. The van der Waals surface area contributed by atoms with Gasteiger partial charge in [0.25, 0.3) is 5.91 Å². The van der Waals surface area contributed by atoms with Crippen molar-refractivity contribution >= 4 is 15.9 Å². The Morgan fingerprint density at radius 3 is 2.38 bits per heavy atom. The summed E-state index contributed by atoms with van der Waals surface area (Å²) >= 11 is 0. The van der Waals surface area contributed by atoms with Gasteiger partial charge < -0.3 is 11.1 Å². The lowest BCUT2D eigenvalue weighted by molar-refractivity contribution is 0.0950. The number of amides is 1. The first-order valence-corrected chi connectivity index (χ1v) is 10.1. The van der Waals surface area contributed by atoms with E-state index in [2.05, 4.69) is 5.32 Å². The van der Waals surface area contributed by atoms with Gasteiger partial charge in [-0.05, 0) is 55.9 Å². The van der Waals surface area contributed by atoms with Gasteiger partial charge >= 0.3 is 0 Å². The summed E-state index contributed by atoms with van der Waals surface area (Å²) < 4.78 is 26.7. The number of carbonyl (C=O) groups is 1. The van der Waals surface area contributed by atoms with Crippen LogP contribution >= 0.6 is 0 Å². The summed E-state index contributed by atoms with van der Waals surface area (Å²) in [6.07, 6.45) is 5.16. The highest BCUT2D eigenvalue weighted by atomic mass is 32.2. The molecule has 0 spiro atoms. The van der Waals surface area contributed by atoms with Crippen LogP contribution in [0.15, 0.2) is 29.2 Å². The average Bonchev–Trinajstić information content (AvgIpc) is 3.45. The lowest BCUT2D eigenvalue weighted by Crippen LogP contribution is -2.38. The molecule has 1 aliphatic carbocycles. The van der Waals surface area contributed by atoms with Gasteiger partial charge in [-0.25, -0.2) is 8.42 Å². The molecule has 3 rings (SSSR count). The first kappa shape index (κ1) is 17.4. The van der Waals surface area contributed by atoms with Crippen LogP contribution in [0.25, 0.3) is 0 Å². The topological polar surface area (TPSA) is 92.5 Å². The highest BCUT2D eigenvalue weighted by molar-refractivity contribution is 7.89. The van der Waals surface area contributed by atoms with Crippen LogP contribution in [0.4, 0.5) is 0 Å². The van der Waals surface area contributed by atoms with Gasteiger partial charge in [-0.15, -0.1) is 0 Å². The summed E-state index contributed by atoms with van der Waals surface area (Å²) in [7, 11) is -3.45. The van der Waals surface area contributed by atoms with Gasteiger partial charge in [0, 0.05) is 31.2 Å². The molecule has 7 heteroatoms. The zero-order chi connectivity index (χ0) is 17.2. The largest absolute Gasteiger partial charge is 0.350 e. The van der Waals surface area contributed by atoms with Crippen molar-refractivity contribution in [2.24, 2.45) is 11.7 Å². The lowest BCUT2D eigenvalue weighted by Gasteiger charge is -2.25. The third-order valence-electron chi connectivity index (χ3n) is 4.80. The molecule has 0 radical (unpaired) electrons. The molecule has 1 saturated heterocycles. The monoisotopic (exact) mass is 351 g/mol. The van der Waals surface area contributed by atoms with Crippen molar-refractivity contribution in [3.8, 4) is 0 Å². The van der Waals surface area contributed by atoms with Gasteiger partial charge in [-0.2, -0.15) is 4.31 Å². The Balaban J connectivity index is 1.62. The molecule has 1 unspecified atom stereocenters. The predicted molar refractivity (Wildman–Crippen MR) is 92.1 cm³/mol. The van der Waals surface area contributed by atoms with E-state index in [0.29, 0.717) is 31.1 Å². The Morgan fingerprint density at radius 2 is 1.79 bits per heavy atom. The third kappa shape index (κ3) is 3.96. The van der Waals surface area contributed by atoms with Crippen molar-refractivity contribution in [3.05, 3.63) is 29.8 Å². The second kappa shape index (κ2) is 7.21. The highest BCUT2D eigenvalue weighted by Crippen LogP contribution is 2.31. The highest BCUT2D eigenvalue weighted by Gasteiger charge is 2.29. The van der Waals surface area contributed by atoms with Crippen molar-refractivity contribution in [3.63, 3.8) is 0 Å². The number of nitrogens with zero attached hydrogens (tertiary/aromatic N) is 1. The maximum Gasteiger partial charge on any atom is 0.251 e. The zero-order valence-corrected chi connectivity index (χ0v) is 14.6. The first-order valence-electron chi connectivity index (χ1n) is 8.62. The van der Waals surface area contributed by atoms with Crippen LogP contribution in [0.2, 0.25) is 0 Å². The molecule has 1 aromatic rings. The molecule has 1 aliphatic heterocycles. The van der Waals surface area contributed by atoms with E-state index in [4.69, 9.17) is 5.73 Å². The zero-order valence-electron chi connectivity index (χ0n) is 13.8. The van der Waals surface area contributed by atoms with Crippen LogP contribution in [0.1, 0.15) is 42.5 Å². The maximum atomic E-state index is 12.6. The Kier molecular flexibility index (Phi) is 5.22. The van der Waals surface area contributed by atoms with E-state index in [9.17, 15) is 13.2 Å². The summed E-state index contributed by atoms with van der Waals surface area (Å²) in [6.45, 7) is 1.60. The summed E-state index contributed by atoms with van der Waals surface area (Å²) in [6, 6.07) is 6.16. The fraction of sp³-hybridized carbons (Fsp3) is 0.588. The summed E-state index contributed by atoms with van der Waals surface area (Å²) in [5.41, 5.74) is 6.42.